The molecule has 176 valence electrons. The minimum absolute atomic E-state index is 0.0980. The van der Waals surface area contributed by atoms with Gasteiger partial charge in [-0.05, 0) is 22.0 Å². The van der Waals surface area contributed by atoms with Gasteiger partial charge in [-0.1, -0.05) is 6.92 Å². The number of halogens is 1. The number of phosphoric ester groups is 1. The second-order valence-electron chi connectivity index (χ2n) is 7.89. The highest BCUT2D eigenvalue weighted by atomic mass is 79.9. The van der Waals surface area contributed by atoms with Crippen LogP contribution in [0.5, 0.6) is 0 Å². The van der Waals surface area contributed by atoms with E-state index < -0.39 is 32.4 Å². The molecule has 3 aromatic heterocycles. The van der Waals surface area contributed by atoms with Crippen LogP contribution in [-0.2, 0) is 22.9 Å². The number of hydrogen-bond acceptors (Lipinski definition) is 11. The van der Waals surface area contributed by atoms with Crippen molar-refractivity contribution >= 4 is 40.7 Å². The average Bonchev–Trinajstić information content (AvgIpc) is 3.35. The van der Waals surface area contributed by atoms with Crippen molar-refractivity contribution in [1.82, 2.24) is 24.5 Å². The number of nitrogen functional groups attached to an aromatic ring is 1. The molecule has 0 aliphatic carbocycles. The third-order valence-corrected chi connectivity index (χ3v) is 7.68. The molecule has 33 heavy (non-hydrogen) atoms. The Hall–Kier alpha value is -1.99. The number of ether oxygens (including phenoxy) is 1. The Bertz CT molecular complexity index is 1210. The molecular weight excluding hydrogens is 519 g/mol. The number of rotatable bonds is 5. The lowest BCUT2D eigenvalue weighted by Crippen LogP contribution is -2.26. The van der Waals surface area contributed by atoms with Crippen molar-refractivity contribution in [2.24, 2.45) is 5.92 Å². The van der Waals surface area contributed by atoms with Crippen molar-refractivity contribution in [3.05, 3.63) is 41.2 Å². The molecule has 0 spiro atoms. The SMILES string of the molecule is C[C@H]1[C@@H](O)[C@H](n2cnc3c(N)ncnc32)O[C@@H]1COP1(=O)OCC[C@@H](c2cncc(Br)c2)O1. The first-order valence-electron chi connectivity index (χ1n) is 10.3. The number of aliphatic hydroxyl groups excluding tert-OH is 1. The maximum atomic E-state index is 13.1. The zero-order chi connectivity index (χ0) is 23.2. The number of aliphatic hydroxyl groups is 1. The summed E-state index contributed by atoms with van der Waals surface area (Å²) in [6, 6.07) is 1.85. The number of aromatic nitrogens is 5. The van der Waals surface area contributed by atoms with Crippen LogP contribution in [0.15, 0.2) is 35.6 Å². The van der Waals surface area contributed by atoms with E-state index in [9.17, 15) is 9.67 Å². The normalized spacial score (nSPS) is 32.4. The number of nitrogens with two attached hydrogens (primary N) is 1. The fraction of sp³-hybridized carbons (Fsp3) is 0.474. The second kappa shape index (κ2) is 8.99. The number of pyridine rings is 1. The van der Waals surface area contributed by atoms with Crippen molar-refractivity contribution in [1.29, 1.82) is 0 Å². The molecule has 2 fully saturated rings. The smallest absolute Gasteiger partial charge is 0.388 e. The van der Waals surface area contributed by atoms with E-state index in [0.29, 0.717) is 17.6 Å². The summed E-state index contributed by atoms with van der Waals surface area (Å²) in [5.41, 5.74) is 7.48. The van der Waals surface area contributed by atoms with Crippen molar-refractivity contribution in [3.63, 3.8) is 0 Å². The van der Waals surface area contributed by atoms with Crippen molar-refractivity contribution in [2.45, 2.75) is 37.9 Å². The maximum Gasteiger partial charge on any atom is 0.475 e. The van der Waals surface area contributed by atoms with Gasteiger partial charge in [0, 0.05) is 34.8 Å². The molecule has 0 bridgehead atoms. The summed E-state index contributed by atoms with van der Waals surface area (Å²) in [5, 5.41) is 10.8. The van der Waals surface area contributed by atoms with Crippen LogP contribution >= 0.6 is 23.8 Å². The Morgan fingerprint density at radius 2 is 2.21 bits per heavy atom. The van der Waals surface area contributed by atoms with Gasteiger partial charge in [-0.25, -0.2) is 19.5 Å². The minimum atomic E-state index is -3.84. The molecule has 3 aromatic rings. The van der Waals surface area contributed by atoms with Crippen LogP contribution in [0.1, 0.15) is 31.2 Å². The summed E-state index contributed by atoms with van der Waals surface area (Å²) in [6.45, 7) is 1.93. The van der Waals surface area contributed by atoms with E-state index in [4.69, 9.17) is 24.0 Å². The number of hydrogen-bond donors (Lipinski definition) is 2. The molecule has 1 unspecified atom stereocenters. The summed E-state index contributed by atoms with van der Waals surface area (Å²) in [4.78, 5) is 16.5. The predicted molar refractivity (Wildman–Crippen MR) is 119 cm³/mol. The van der Waals surface area contributed by atoms with E-state index in [-0.39, 0.29) is 24.9 Å². The monoisotopic (exact) mass is 540 g/mol. The average molecular weight is 541 g/mol. The number of nitrogens with zero attached hydrogens (tertiary/aromatic N) is 5. The number of phosphoric acid groups is 1. The lowest BCUT2D eigenvalue weighted by Gasteiger charge is -2.29. The highest BCUT2D eigenvalue weighted by Gasteiger charge is 2.45. The first-order chi connectivity index (χ1) is 15.8. The van der Waals surface area contributed by atoms with Gasteiger partial charge in [0.15, 0.2) is 17.7 Å². The number of fused-ring (bicyclic) bond motifs is 1. The van der Waals surface area contributed by atoms with Gasteiger partial charge in [-0.2, -0.15) is 0 Å². The van der Waals surface area contributed by atoms with E-state index in [1.54, 1.807) is 17.0 Å². The van der Waals surface area contributed by atoms with Crippen LogP contribution in [0, 0.1) is 5.92 Å². The van der Waals surface area contributed by atoms with E-state index in [1.165, 1.54) is 12.7 Å². The molecule has 5 heterocycles. The predicted octanol–water partition coefficient (Wildman–Crippen LogP) is 2.76. The standard InChI is InChI=1S/C19H22BrN6O6P/c1-10-14(31-19(16(10)27)26-9-25-15-17(21)23-8-24-18(15)26)7-30-33(28)29-3-2-13(32-33)11-4-12(20)6-22-5-11/h4-6,8-10,13-14,16,19,27H,2-3,7H2,1H3,(H2,21,23,24)/t10-,13+,14-,16-,19-,33?/m1/s1. The van der Waals surface area contributed by atoms with Gasteiger partial charge in [-0.3, -0.25) is 23.1 Å². The van der Waals surface area contributed by atoms with Crippen LogP contribution in [0.2, 0.25) is 0 Å². The van der Waals surface area contributed by atoms with Crippen LogP contribution < -0.4 is 5.73 Å². The first kappa shape index (κ1) is 22.8. The molecule has 0 radical (unpaired) electrons. The van der Waals surface area contributed by atoms with Crippen LogP contribution in [0.25, 0.3) is 11.2 Å². The minimum Gasteiger partial charge on any atom is -0.388 e. The van der Waals surface area contributed by atoms with Crippen LogP contribution in [0.3, 0.4) is 0 Å². The molecule has 2 aliphatic heterocycles. The summed E-state index contributed by atoms with van der Waals surface area (Å²) in [7, 11) is -3.84. The zero-order valence-corrected chi connectivity index (χ0v) is 20.0. The Morgan fingerprint density at radius 3 is 3.03 bits per heavy atom. The van der Waals surface area contributed by atoms with Gasteiger partial charge in [0.25, 0.3) is 0 Å². The van der Waals surface area contributed by atoms with Crippen molar-refractivity contribution in [2.75, 3.05) is 18.9 Å². The third kappa shape index (κ3) is 4.42. The molecule has 0 aromatic carbocycles. The van der Waals surface area contributed by atoms with Gasteiger partial charge in [-0.15, -0.1) is 0 Å². The fourth-order valence-electron chi connectivity index (χ4n) is 3.92. The van der Waals surface area contributed by atoms with Gasteiger partial charge in [0.2, 0.25) is 0 Å². The molecule has 5 rings (SSSR count). The van der Waals surface area contributed by atoms with Gasteiger partial charge in [0.1, 0.15) is 17.9 Å². The number of anilines is 1. The molecule has 14 heteroatoms. The summed E-state index contributed by atoms with van der Waals surface area (Å²) in [6.07, 6.45) is 3.92. The molecule has 0 amide bonds. The van der Waals surface area contributed by atoms with Crippen LogP contribution in [0.4, 0.5) is 5.82 Å². The largest absolute Gasteiger partial charge is 0.475 e. The molecular formula is C19H22BrN6O6P. The number of imidazole rings is 1. The molecule has 12 nitrogen and oxygen atoms in total. The van der Waals surface area contributed by atoms with E-state index in [0.717, 1.165) is 10.0 Å². The maximum absolute atomic E-state index is 13.1. The lowest BCUT2D eigenvalue weighted by molar-refractivity contribution is -0.0551. The van der Waals surface area contributed by atoms with Gasteiger partial charge < -0.3 is 15.6 Å². The van der Waals surface area contributed by atoms with E-state index in [2.05, 4.69) is 35.9 Å². The lowest BCUT2D eigenvalue weighted by atomic mass is 10.0. The molecule has 6 atom stereocenters. The Balaban J connectivity index is 1.27. The molecule has 0 saturated carbocycles. The van der Waals surface area contributed by atoms with E-state index in [1.807, 2.05) is 13.0 Å². The van der Waals surface area contributed by atoms with E-state index >= 15 is 0 Å². The van der Waals surface area contributed by atoms with Crippen LogP contribution in [-0.4, -0.2) is 55.0 Å². The van der Waals surface area contributed by atoms with Crippen molar-refractivity contribution < 1.29 is 28.0 Å². The van der Waals surface area contributed by atoms with Gasteiger partial charge in [0.05, 0.1) is 31.7 Å². The Morgan fingerprint density at radius 1 is 1.36 bits per heavy atom. The summed E-state index contributed by atoms with van der Waals surface area (Å²) >= 11 is 3.37. The molecule has 2 saturated heterocycles. The third-order valence-electron chi connectivity index (χ3n) is 5.77. The quantitative estimate of drug-likeness (QED) is 0.458. The molecule has 2 aliphatic rings. The zero-order valence-electron chi connectivity index (χ0n) is 17.5. The highest BCUT2D eigenvalue weighted by Crippen LogP contribution is 2.57. The Labute approximate surface area is 197 Å². The summed E-state index contributed by atoms with van der Waals surface area (Å²) < 4.78 is 38.2. The summed E-state index contributed by atoms with van der Waals surface area (Å²) in [5.74, 6) is -0.104. The molecule has 3 N–H and O–H groups in total. The topological polar surface area (TPSA) is 157 Å². The van der Waals surface area contributed by atoms with Gasteiger partial charge >= 0.3 is 7.82 Å². The highest BCUT2D eigenvalue weighted by molar-refractivity contribution is 9.10. The Kier molecular flexibility index (Phi) is 6.21. The first-order valence-corrected chi connectivity index (χ1v) is 12.5. The second-order valence-corrected chi connectivity index (χ2v) is 10.4. The fourth-order valence-corrected chi connectivity index (χ4v) is 5.69. The van der Waals surface area contributed by atoms with Crippen molar-refractivity contribution in [3.8, 4) is 0 Å².